The standard InChI is InChI=1S/C14H22N2S/c15-10-13(14-7-3-9-17-14)16-8-2-5-11-4-1-6-12(11)16/h3,7,9,11-13H,1-2,4-6,8,10,15H2. The zero-order valence-corrected chi connectivity index (χ0v) is 11.2. The van der Waals surface area contributed by atoms with Crippen molar-refractivity contribution in [2.75, 3.05) is 13.1 Å². The number of hydrogen-bond acceptors (Lipinski definition) is 3. The molecule has 3 atom stereocenters. The second kappa shape index (κ2) is 5.09. The molecule has 2 nitrogen and oxygen atoms in total. The van der Waals surface area contributed by atoms with E-state index in [9.17, 15) is 0 Å². The molecule has 1 aliphatic heterocycles. The maximum atomic E-state index is 6.04. The van der Waals surface area contributed by atoms with Crippen LogP contribution in [-0.2, 0) is 0 Å². The number of thiophene rings is 1. The van der Waals surface area contributed by atoms with Crippen LogP contribution in [0.15, 0.2) is 17.5 Å². The van der Waals surface area contributed by atoms with Gasteiger partial charge in [0.2, 0.25) is 0 Å². The second-order valence-corrected chi connectivity index (χ2v) is 6.38. The molecule has 0 aromatic carbocycles. The lowest BCUT2D eigenvalue weighted by Gasteiger charge is -2.42. The Labute approximate surface area is 108 Å². The van der Waals surface area contributed by atoms with E-state index < -0.39 is 0 Å². The van der Waals surface area contributed by atoms with Gasteiger partial charge in [-0.1, -0.05) is 12.5 Å². The smallest absolute Gasteiger partial charge is 0.0566 e. The van der Waals surface area contributed by atoms with Gasteiger partial charge in [-0.25, -0.2) is 0 Å². The molecular weight excluding hydrogens is 228 g/mol. The highest BCUT2D eigenvalue weighted by molar-refractivity contribution is 7.10. The summed E-state index contributed by atoms with van der Waals surface area (Å²) < 4.78 is 0. The average Bonchev–Trinajstić information content (AvgIpc) is 3.00. The third-order valence-electron chi connectivity index (χ3n) is 4.53. The third-order valence-corrected chi connectivity index (χ3v) is 5.50. The number of fused-ring (bicyclic) bond motifs is 1. The van der Waals surface area contributed by atoms with Gasteiger partial charge in [-0.2, -0.15) is 0 Å². The summed E-state index contributed by atoms with van der Waals surface area (Å²) in [5.74, 6) is 0.956. The monoisotopic (exact) mass is 250 g/mol. The molecule has 2 heterocycles. The molecule has 2 N–H and O–H groups in total. The van der Waals surface area contributed by atoms with Crippen LogP contribution < -0.4 is 5.73 Å². The Morgan fingerprint density at radius 2 is 2.24 bits per heavy atom. The molecule has 94 valence electrons. The molecule has 1 aromatic rings. The predicted molar refractivity (Wildman–Crippen MR) is 73.2 cm³/mol. The van der Waals surface area contributed by atoms with Crippen LogP contribution in [0.3, 0.4) is 0 Å². The first kappa shape index (κ1) is 11.7. The second-order valence-electron chi connectivity index (χ2n) is 5.41. The van der Waals surface area contributed by atoms with E-state index in [4.69, 9.17) is 5.73 Å². The van der Waals surface area contributed by atoms with Crippen molar-refractivity contribution < 1.29 is 0 Å². The van der Waals surface area contributed by atoms with E-state index in [0.29, 0.717) is 6.04 Å². The number of rotatable bonds is 3. The van der Waals surface area contributed by atoms with Crippen LogP contribution in [0, 0.1) is 5.92 Å². The summed E-state index contributed by atoms with van der Waals surface area (Å²) in [6.07, 6.45) is 7.08. The van der Waals surface area contributed by atoms with Gasteiger partial charge < -0.3 is 5.73 Å². The largest absolute Gasteiger partial charge is 0.329 e. The molecule has 0 radical (unpaired) electrons. The lowest BCUT2D eigenvalue weighted by molar-refractivity contribution is 0.0716. The summed E-state index contributed by atoms with van der Waals surface area (Å²) in [6.45, 7) is 2.02. The Morgan fingerprint density at radius 3 is 3.00 bits per heavy atom. The van der Waals surface area contributed by atoms with Crippen molar-refractivity contribution >= 4 is 11.3 Å². The zero-order chi connectivity index (χ0) is 11.7. The summed E-state index contributed by atoms with van der Waals surface area (Å²) in [4.78, 5) is 4.17. The molecule has 3 rings (SSSR count). The highest BCUT2D eigenvalue weighted by atomic mass is 32.1. The van der Waals surface area contributed by atoms with Gasteiger partial charge >= 0.3 is 0 Å². The van der Waals surface area contributed by atoms with Gasteiger partial charge in [0, 0.05) is 17.5 Å². The number of hydrogen-bond donors (Lipinski definition) is 1. The van der Waals surface area contributed by atoms with Gasteiger partial charge in [0.15, 0.2) is 0 Å². The SMILES string of the molecule is NCC(c1cccs1)N1CCCC2CCCC21. The van der Waals surface area contributed by atoms with Gasteiger partial charge in [0.1, 0.15) is 0 Å². The van der Waals surface area contributed by atoms with Crippen LogP contribution in [0.5, 0.6) is 0 Å². The Balaban J connectivity index is 1.81. The van der Waals surface area contributed by atoms with Crippen molar-refractivity contribution in [1.29, 1.82) is 0 Å². The summed E-state index contributed by atoms with van der Waals surface area (Å²) in [5, 5.41) is 2.17. The topological polar surface area (TPSA) is 29.3 Å². The fraction of sp³-hybridized carbons (Fsp3) is 0.714. The van der Waals surface area contributed by atoms with Crippen LogP contribution in [0.2, 0.25) is 0 Å². The molecule has 1 saturated carbocycles. The minimum absolute atomic E-state index is 0.473. The maximum absolute atomic E-state index is 6.04. The maximum Gasteiger partial charge on any atom is 0.0566 e. The Morgan fingerprint density at radius 1 is 1.35 bits per heavy atom. The molecule has 0 amide bonds. The Bertz CT molecular complexity index is 349. The van der Waals surface area contributed by atoms with E-state index in [1.807, 2.05) is 11.3 Å². The first-order valence-corrected chi connectivity index (χ1v) is 7.77. The summed E-state index contributed by atoms with van der Waals surface area (Å²) >= 11 is 1.86. The number of nitrogens with two attached hydrogens (primary N) is 1. The molecular formula is C14H22N2S. The molecule has 0 spiro atoms. The van der Waals surface area contributed by atoms with E-state index in [-0.39, 0.29) is 0 Å². The van der Waals surface area contributed by atoms with E-state index in [1.54, 1.807) is 0 Å². The summed E-state index contributed by atoms with van der Waals surface area (Å²) in [7, 11) is 0. The minimum atomic E-state index is 0.473. The van der Waals surface area contributed by atoms with Crippen molar-refractivity contribution in [3.8, 4) is 0 Å². The van der Waals surface area contributed by atoms with Gasteiger partial charge in [-0.3, -0.25) is 4.90 Å². The average molecular weight is 250 g/mol. The van der Waals surface area contributed by atoms with Crippen LogP contribution in [-0.4, -0.2) is 24.0 Å². The third kappa shape index (κ3) is 2.16. The van der Waals surface area contributed by atoms with Crippen LogP contribution >= 0.6 is 11.3 Å². The molecule has 3 heteroatoms. The molecule has 17 heavy (non-hydrogen) atoms. The normalized spacial score (nSPS) is 31.4. The lowest BCUT2D eigenvalue weighted by Crippen LogP contribution is -2.46. The molecule has 0 bridgehead atoms. The van der Waals surface area contributed by atoms with Crippen LogP contribution in [0.1, 0.15) is 43.0 Å². The van der Waals surface area contributed by atoms with Crippen LogP contribution in [0.4, 0.5) is 0 Å². The Kier molecular flexibility index (Phi) is 3.50. The van der Waals surface area contributed by atoms with Gasteiger partial charge in [0.05, 0.1) is 6.04 Å². The first-order chi connectivity index (χ1) is 8.40. The van der Waals surface area contributed by atoms with Gasteiger partial charge in [-0.15, -0.1) is 11.3 Å². The van der Waals surface area contributed by atoms with Crippen LogP contribution in [0.25, 0.3) is 0 Å². The molecule has 2 fully saturated rings. The molecule has 1 aromatic heterocycles. The number of likely N-dealkylation sites (tertiary alicyclic amines) is 1. The van der Waals surface area contributed by atoms with E-state index in [1.165, 1.54) is 43.5 Å². The molecule has 2 aliphatic rings. The minimum Gasteiger partial charge on any atom is -0.329 e. The van der Waals surface area contributed by atoms with Gasteiger partial charge in [0.25, 0.3) is 0 Å². The molecule has 3 unspecified atom stereocenters. The van der Waals surface area contributed by atoms with Crippen molar-refractivity contribution in [2.45, 2.75) is 44.2 Å². The van der Waals surface area contributed by atoms with E-state index >= 15 is 0 Å². The fourth-order valence-corrected chi connectivity index (χ4v) is 4.64. The molecule has 1 aliphatic carbocycles. The van der Waals surface area contributed by atoms with Crippen molar-refractivity contribution in [2.24, 2.45) is 11.7 Å². The summed E-state index contributed by atoms with van der Waals surface area (Å²) in [5.41, 5.74) is 6.04. The first-order valence-electron chi connectivity index (χ1n) is 6.89. The zero-order valence-electron chi connectivity index (χ0n) is 10.3. The highest BCUT2D eigenvalue weighted by Crippen LogP contribution is 2.41. The Hall–Kier alpha value is -0.380. The fourth-order valence-electron chi connectivity index (χ4n) is 3.78. The summed E-state index contributed by atoms with van der Waals surface area (Å²) in [6, 6.07) is 5.69. The van der Waals surface area contributed by atoms with E-state index in [0.717, 1.165) is 18.5 Å². The lowest BCUT2D eigenvalue weighted by atomic mass is 9.90. The quantitative estimate of drug-likeness (QED) is 0.893. The van der Waals surface area contributed by atoms with Crippen molar-refractivity contribution in [3.05, 3.63) is 22.4 Å². The van der Waals surface area contributed by atoms with Gasteiger partial charge in [-0.05, 0) is 49.6 Å². The highest BCUT2D eigenvalue weighted by Gasteiger charge is 2.38. The predicted octanol–water partition coefficient (Wildman–Crippen LogP) is 3.01. The molecule has 1 saturated heterocycles. The van der Waals surface area contributed by atoms with E-state index in [2.05, 4.69) is 22.4 Å². The number of piperidine rings is 1. The number of nitrogens with zero attached hydrogens (tertiary/aromatic N) is 1. The van der Waals surface area contributed by atoms with Crippen molar-refractivity contribution in [1.82, 2.24) is 4.90 Å². The van der Waals surface area contributed by atoms with Crippen molar-refractivity contribution in [3.63, 3.8) is 0 Å².